The van der Waals surface area contributed by atoms with Crippen LogP contribution in [-0.2, 0) is 4.74 Å². The molecule has 1 N–H and O–H groups in total. The molecular weight excluding hydrogens is 328 g/mol. The van der Waals surface area contributed by atoms with Gasteiger partial charge in [0, 0.05) is 6.54 Å². The van der Waals surface area contributed by atoms with E-state index >= 15 is 0 Å². The molecule has 6 nitrogen and oxygen atoms in total. The lowest BCUT2D eigenvalue weighted by molar-refractivity contribution is -0.0385. The van der Waals surface area contributed by atoms with Gasteiger partial charge in [-0.3, -0.25) is 9.59 Å². The molecule has 1 saturated heterocycles. The number of carbonyl (C=O) groups excluding carboxylic acids is 2. The number of nitrogens with zero attached hydrogens (tertiary/aromatic N) is 1. The Morgan fingerprint density at radius 1 is 1.38 bits per heavy atom. The highest BCUT2D eigenvalue weighted by atomic mass is 32.1. The minimum Gasteiger partial charge on any atom is -0.459 e. The quantitative estimate of drug-likeness (QED) is 0.925. The third kappa shape index (κ3) is 3.37. The maximum Gasteiger partial charge on any atom is 0.291 e. The Labute approximate surface area is 144 Å². The highest BCUT2D eigenvalue weighted by Crippen LogP contribution is 2.29. The SMILES string of the molecule is Cc1cc(NC(=O)c2ccco2)sc1C(=O)N1CC(C)OCC1C. The lowest BCUT2D eigenvalue weighted by Crippen LogP contribution is -2.50. The second-order valence-electron chi connectivity index (χ2n) is 6.00. The van der Waals surface area contributed by atoms with Crippen molar-refractivity contribution < 1.29 is 18.7 Å². The van der Waals surface area contributed by atoms with Crippen LogP contribution in [0.25, 0.3) is 0 Å². The minimum absolute atomic E-state index is 0.0151. The molecule has 0 bridgehead atoms. The fourth-order valence-corrected chi connectivity index (χ4v) is 3.68. The molecule has 2 amide bonds. The van der Waals surface area contributed by atoms with E-state index in [0.29, 0.717) is 23.0 Å². The summed E-state index contributed by atoms with van der Waals surface area (Å²) in [5.41, 5.74) is 0.853. The highest BCUT2D eigenvalue weighted by molar-refractivity contribution is 7.18. The van der Waals surface area contributed by atoms with Gasteiger partial charge in [-0.2, -0.15) is 0 Å². The van der Waals surface area contributed by atoms with E-state index in [4.69, 9.17) is 9.15 Å². The third-order valence-corrected chi connectivity index (χ3v) is 5.10. The summed E-state index contributed by atoms with van der Waals surface area (Å²) in [5, 5.41) is 3.40. The molecular formula is C17H20N2O4S. The number of furan rings is 1. The Bertz CT molecular complexity index is 738. The number of anilines is 1. The lowest BCUT2D eigenvalue weighted by atomic mass is 10.1. The van der Waals surface area contributed by atoms with Gasteiger partial charge in [0.2, 0.25) is 0 Å². The van der Waals surface area contributed by atoms with Crippen molar-refractivity contribution in [2.45, 2.75) is 32.9 Å². The average molecular weight is 348 g/mol. The molecule has 3 rings (SSSR count). The Morgan fingerprint density at radius 2 is 2.17 bits per heavy atom. The van der Waals surface area contributed by atoms with Gasteiger partial charge in [0.25, 0.3) is 11.8 Å². The van der Waals surface area contributed by atoms with Crippen molar-refractivity contribution in [1.82, 2.24) is 4.90 Å². The number of hydrogen-bond acceptors (Lipinski definition) is 5. The van der Waals surface area contributed by atoms with Crippen molar-refractivity contribution in [3.05, 3.63) is 40.7 Å². The molecule has 1 aliphatic rings. The molecule has 128 valence electrons. The van der Waals surface area contributed by atoms with Crippen molar-refractivity contribution >= 4 is 28.2 Å². The van der Waals surface area contributed by atoms with Gasteiger partial charge in [-0.15, -0.1) is 11.3 Å². The van der Waals surface area contributed by atoms with Crippen LogP contribution in [0.2, 0.25) is 0 Å². The van der Waals surface area contributed by atoms with Gasteiger partial charge >= 0.3 is 0 Å². The lowest BCUT2D eigenvalue weighted by Gasteiger charge is -2.36. The van der Waals surface area contributed by atoms with E-state index in [1.165, 1.54) is 17.6 Å². The van der Waals surface area contributed by atoms with E-state index in [2.05, 4.69) is 5.32 Å². The Morgan fingerprint density at radius 3 is 2.88 bits per heavy atom. The summed E-state index contributed by atoms with van der Waals surface area (Å²) in [4.78, 5) is 27.4. The Kier molecular flexibility index (Phi) is 4.73. The summed E-state index contributed by atoms with van der Waals surface area (Å²) in [7, 11) is 0. The number of nitrogens with one attached hydrogen (secondary N) is 1. The second-order valence-corrected chi connectivity index (χ2v) is 7.06. The van der Waals surface area contributed by atoms with Crippen molar-refractivity contribution in [2.75, 3.05) is 18.5 Å². The zero-order valence-corrected chi connectivity index (χ0v) is 14.7. The van der Waals surface area contributed by atoms with Crippen molar-refractivity contribution in [1.29, 1.82) is 0 Å². The Balaban J connectivity index is 1.76. The summed E-state index contributed by atoms with van der Waals surface area (Å²) in [6, 6.07) is 5.10. The molecule has 2 aromatic rings. The molecule has 1 aliphatic heterocycles. The molecule has 2 unspecified atom stereocenters. The van der Waals surface area contributed by atoms with Crippen LogP contribution < -0.4 is 5.32 Å². The van der Waals surface area contributed by atoms with Crippen molar-refractivity contribution in [3.8, 4) is 0 Å². The van der Waals surface area contributed by atoms with E-state index in [1.807, 2.05) is 31.7 Å². The predicted octanol–water partition coefficient (Wildman–Crippen LogP) is 3.15. The van der Waals surface area contributed by atoms with Gasteiger partial charge in [0.1, 0.15) is 0 Å². The molecule has 2 aromatic heterocycles. The predicted molar refractivity (Wildman–Crippen MR) is 91.6 cm³/mol. The van der Waals surface area contributed by atoms with Crippen LogP contribution in [0.15, 0.2) is 28.9 Å². The normalized spacial score (nSPS) is 20.9. The maximum atomic E-state index is 12.9. The smallest absolute Gasteiger partial charge is 0.291 e. The molecule has 2 atom stereocenters. The molecule has 7 heteroatoms. The van der Waals surface area contributed by atoms with Crippen LogP contribution in [0.5, 0.6) is 0 Å². The van der Waals surface area contributed by atoms with Crippen LogP contribution in [-0.4, -0.2) is 42.0 Å². The standard InChI is InChI=1S/C17H20N2O4S/c1-10-7-14(18-16(20)13-5-4-6-22-13)24-15(10)17(21)19-8-12(3)23-9-11(19)2/h4-7,11-12H,8-9H2,1-3H3,(H,18,20). The first-order valence-corrected chi connectivity index (χ1v) is 8.65. The average Bonchev–Trinajstić information content (AvgIpc) is 3.19. The van der Waals surface area contributed by atoms with Gasteiger partial charge in [-0.25, -0.2) is 0 Å². The monoisotopic (exact) mass is 348 g/mol. The summed E-state index contributed by atoms with van der Waals surface area (Å²) < 4.78 is 10.7. The fourth-order valence-electron chi connectivity index (χ4n) is 2.65. The topological polar surface area (TPSA) is 71.8 Å². The number of amides is 2. The number of thiophene rings is 1. The molecule has 0 radical (unpaired) electrons. The third-order valence-electron chi connectivity index (χ3n) is 3.96. The van der Waals surface area contributed by atoms with Gasteiger partial charge < -0.3 is 19.4 Å². The zero-order chi connectivity index (χ0) is 17.3. The molecule has 0 aromatic carbocycles. The molecule has 24 heavy (non-hydrogen) atoms. The maximum absolute atomic E-state index is 12.9. The largest absolute Gasteiger partial charge is 0.459 e. The zero-order valence-electron chi connectivity index (χ0n) is 13.9. The summed E-state index contributed by atoms with van der Waals surface area (Å²) in [5.74, 6) is -0.100. The highest BCUT2D eigenvalue weighted by Gasteiger charge is 2.30. The van der Waals surface area contributed by atoms with Crippen molar-refractivity contribution in [3.63, 3.8) is 0 Å². The number of ether oxygens (including phenoxy) is 1. The molecule has 0 saturated carbocycles. The first-order chi connectivity index (χ1) is 11.5. The van der Waals surface area contributed by atoms with E-state index < -0.39 is 0 Å². The first-order valence-electron chi connectivity index (χ1n) is 7.83. The molecule has 0 spiro atoms. The number of rotatable bonds is 3. The van der Waals surface area contributed by atoms with Crippen molar-refractivity contribution in [2.24, 2.45) is 0 Å². The molecule has 0 aliphatic carbocycles. The number of aryl methyl sites for hydroxylation is 1. The van der Waals surface area contributed by atoms with Gasteiger partial charge in [0.05, 0.1) is 34.9 Å². The number of morpholine rings is 1. The van der Waals surface area contributed by atoms with E-state index in [9.17, 15) is 9.59 Å². The van der Waals surface area contributed by atoms with E-state index in [1.54, 1.807) is 12.1 Å². The number of hydrogen-bond donors (Lipinski definition) is 1. The van der Waals surface area contributed by atoms with Crippen LogP contribution >= 0.6 is 11.3 Å². The van der Waals surface area contributed by atoms with Gasteiger partial charge in [-0.1, -0.05) is 0 Å². The van der Waals surface area contributed by atoms with Gasteiger partial charge in [0.15, 0.2) is 5.76 Å². The summed E-state index contributed by atoms with van der Waals surface area (Å²) >= 11 is 1.28. The molecule has 3 heterocycles. The van der Waals surface area contributed by atoms with Crippen LogP contribution in [0.3, 0.4) is 0 Å². The van der Waals surface area contributed by atoms with Crippen LogP contribution in [0.1, 0.15) is 39.6 Å². The van der Waals surface area contributed by atoms with Crippen LogP contribution in [0.4, 0.5) is 5.00 Å². The minimum atomic E-state index is -0.325. The fraction of sp³-hybridized carbons (Fsp3) is 0.412. The van der Waals surface area contributed by atoms with E-state index in [0.717, 1.165) is 5.56 Å². The summed E-state index contributed by atoms with van der Waals surface area (Å²) in [6.07, 6.45) is 1.48. The van der Waals surface area contributed by atoms with E-state index in [-0.39, 0.29) is 29.7 Å². The summed E-state index contributed by atoms with van der Waals surface area (Å²) in [6.45, 7) is 6.93. The van der Waals surface area contributed by atoms with Crippen LogP contribution in [0, 0.1) is 6.92 Å². The first kappa shape index (κ1) is 16.7. The molecule has 1 fully saturated rings. The Hall–Kier alpha value is -2.12. The second kappa shape index (κ2) is 6.78. The number of carbonyl (C=O) groups is 2. The van der Waals surface area contributed by atoms with Gasteiger partial charge in [-0.05, 0) is 44.5 Å².